The fourth-order valence-corrected chi connectivity index (χ4v) is 3.98. The van der Waals surface area contributed by atoms with Crippen molar-refractivity contribution in [2.24, 2.45) is 0 Å². The molecule has 0 saturated carbocycles. The number of carbonyl (C=O) groups is 2. The summed E-state index contributed by atoms with van der Waals surface area (Å²) in [7, 11) is 0. The maximum Gasteiger partial charge on any atom is 0.278 e. The SMILES string of the molecule is Cc1ccc(C2=C(Nc3cc(Cl)ccc3C)C(=O)N(Cc3ccccc3)C2=O)c(C)c1. The summed E-state index contributed by atoms with van der Waals surface area (Å²) in [6.07, 6.45) is 0. The van der Waals surface area contributed by atoms with E-state index >= 15 is 0 Å². The first-order chi connectivity index (χ1) is 14.8. The summed E-state index contributed by atoms with van der Waals surface area (Å²) in [4.78, 5) is 28.2. The minimum Gasteiger partial charge on any atom is -0.350 e. The Labute approximate surface area is 187 Å². The molecular formula is C26H23ClN2O2. The highest BCUT2D eigenvalue weighted by Gasteiger charge is 2.39. The number of aryl methyl sites for hydroxylation is 3. The van der Waals surface area contributed by atoms with Gasteiger partial charge in [-0.1, -0.05) is 71.8 Å². The van der Waals surface area contributed by atoms with Crippen LogP contribution in [0.1, 0.15) is 27.8 Å². The molecular weight excluding hydrogens is 408 g/mol. The van der Waals surface area contributed by atoms with Crippen LogP contribution in [-0.4, -0.2) is 16.7 Å². The van der Waals surface area contributed by atoms with Gasteiger partial charge in [0.1, 0.15) is 5.70 Å². The summed E-state index contributed by atoms with van der Waals surface area (Å²) in [6, 6.07) is 20.8. The number of anilines is 1. The Morgan fingerprint density at radius 3 is 2.29 bits per heavy atom. The van der Waals surface area contributed by atoms with E-state index in [1.807, 2.05) is 75.4 Å². The van der Waals surface area contributed by atoms with Crippen molar-refractivity contribution >= 4 is 34.7 Å². The van der Waals surface area contributed by atoms with E-state index in [0.717, 1.165) is 27.8 Å². The predicted molar refractivity (Wildman–Crippen MR) is 125 cm³/mol. The third-order valence-corrected chi connectivity index (χ3v) is 5.70. The van der Waals surface area contributed by atoms with E-state index in [9.17, 15) is 9.59 Å². The number of imide groups is 1. The van der Waals surface area contributed by atoms with E-state index in [1.54, 1.807) is 12.1 Å². The Morgan fingerprint density at radius 1 is 0.839 bits per heavy atom. The maximum absolute atomic E-state index is 13.5. The van der Waals surface area contributed by atoms with Crippen LogP contribution < -0.4 is 5.32 Å². The van der Waals surface area contributed by atoms with Gasteiger partial charge in [-0.3, -0.25) is 14.5 Å². The summed E-state index contributed by atoms with van der Waals surface area (Å²) < 4.78 is 0. The van der Waals surface area contributed by atoms with Crippen LogP contribution in [0.2, 0.25) is 5.02 Å². The predicted octanol–water partition coefficient (Wildman–Crippen LogP) is 5.66. The van der Waals surface area contributed by atoms with Crippen molar-refractivity contribution in [2.75, 3.05) is 5.32 Å². The lowest BCUT2D eigenvalue weighted by Gasteiger charge is -2.16. The zero-order chi connectivity index (χ0) is 22.1. The highest BCUT2D eigenvalue weighted by atomic mass is 35.5. The van der Waals surface area contributed by atoms with Crippen LogP contribution in [-0.2, 0) is 16.1 Å². The zero-order valence-corrected chi connectivity index (χ0v) is 18.5. The number of nitrogens with zero attached hydrogens (tertiary/aromatic N) is 1. The molecule has 0 fully saturated rings. The third kappa shape index (κ3) is 4.12. The summed E-state index contributed by atoms with van der Waals surface area (Å²) in [6.45, 7) is 6.10. The second kappa shape index (κ2) is 8.40. The summed E-state index contributed by atoms with van der Waals surface area (Å²) in [5.74, 6) is -0.647. The molecule has 0 aliphatic carbocycles. The number of rotatable bonds is 5. The first-order valence-electron chi connectivity index (χ1n) is 10.1. The highest BCUT2D eigenvalue weighted by Crippen LogP contribution is 2.34. The molecule has 1 aliphatic rings. The normalized spacial score (nSPS) is 13.9. The fourth-order valence-electron chi connectivity index (χ4n) is 3.81. The molecule has 0 atom stereocenters. The Balaban J connectivity index is 1.81. The van der Waals surface area contributed by atoms with Crippen LogP contribution in [0.3, 0.4) is 0 Å². The van der Waals surface area contributed by atoms with Gasteiger partial charge in [-0.2, -0.15) is 0 Å². The first-order valence-corrected chi connectivity index (χ1v) is 10.5. The molecule has 4 nitrogen and oxygen atoms in total. The van der Waals surface area contributed by atoms with Crippen molar-refractivity contribution < 1.29 is 9.59 Å². The molecule has 156 valence electrons. The quantitative estimate of drug-likeness (QED) is 0.531. The minimum absolute atomic E-state index is 0.215. The van der Waals surface area contributed by atoms with E-state index in [1.165, 1.54) is 4.90 Å². The first kappa shape index (κ1) is 20.9. The van der Waals surface area contributed by atoms with E-state index < -0.39 is 0 Å². The van der Waals surface area contributed by atoms with Gasteiger partial charge in [0.25, 0.3) is 11.8 Å². The van der Waals surface area contributed by atoms with Crippen LogP contribution in [0.15, 0.2) is 72.4 Å². The molecule has 0 aromatic heterocycles. The second-order valence-electron chi connectivity index (χ2n) is 7.83. The average Bonchev–Trinajstić information content (AvgIpc) is 2.96. The molecule has 0 radical (unpaired) electrons. The molecule has 1 N–H and O–H groups in total. The van der Waals surface area contributed by atoms with Crippen molar-refractivity contribution in [3.8, 4) is 0 Å². The topological polar surface area (TPSA) is 49.4 Å². The second-order valence-corrected chi connectivity index (χ2v) is 8.27. The van der Waals surface area contributed by atoms with Crippen LogP contribution in [0.5, 0.6) is 0 Å². The molecule has 5 heteroatoms. The van der Waals surface area contributed by atoms with E-state index in [-0.39, 0.29) is 24.1 Å². The highest BCUT2D eigenvalue weighted by molar-refractivity contribution is 6.37. The lowest BCUT2D eigenvalue weighted by molar-refractivity contribution is -0.137. The number of amides is 2. The molecule has 2 amide bonds. The van der Waals surface area contributed by atoms with Gasteiger partial charge in [0, 0.05) is 10.7 Å². The minimum atomic E-state index is -0.344. The molecule has 1 aliphatic heterocycles. The maximum atomic E-state index is 13.5. The summed E-state index contributed by atoms with van der Waals surface area (Å²) in [5.41, 5.74) is 5.98. The Kier molecular flexibility index (Phi) is 5.66. The van der Waals surface area contributed by atoms with E-state index in [0.29, 0.717) is 16.3 Å². The number of nitrogens with one attached hydrogen (secondary N) is 1. The Morgan fingerprint density at radius 2 is 1.58 bits per heavy atom. The van der Waals surface area contributed by atoms with Gasteiger partial charge in [0.05, 0.1) is 12.1 Å². The molecule has 0 unspecified atom stereocenters. The Bertz CT molecular complexity index is 1220. The number of hydrogen-bond acceptors (Lipinski definition) is 3. The van der Waals surface area contributed by atoms with Gasteiger partial charge in [-0.05, 0) is 55.2 Å². The molecule has 31 heavy (non-hydrogen) atoms. The van der Waals surface area contributed by atoms with Crippen molar-refractivity contribution in [2.45, 2.75) is 27.3 Å². The largest absolute Gasteiger partial charge is 0.350 e. The van der Waals surface area contributed by atoms with Gasteiger partial charge in [0.2, 0.25) is 0 Å². The molecule has 0 bridgehead atoms. The number of hydrogen-bond donors (Lipinski definition) is 1. The van der Waals surface area contributed by atoms with Crippen molar-refractivity contribution in [1.82, 2.24) is 4.90 Å². The van der Waals surface area contributed by atoms with Crippen LogP contribution in [0.4, 0.5) is 5.69 Å². The molecule has 3 aromatic carbocycles. The van der Waals surface area contributed by atoms with E-state index in [4.69, 9.17) is 11.6 Å². The van der Waals surface area contributed by atoms with Crippen LogP contribution >= 0.6 is 11.6 Å². The number of benzene rings is 3. The van der Waals surface area contributed by atoms with Gasteiger partial charge in [0.15, 0.2) is 0 Å². The fraction of sp³-hybridized carbons (Fsp3) is 0.154. The van der Waals surface area contributed by atoms with Crippen LogP contribution in [0, 0.1) is 20.8 Å². The standard InChI is InChI=1S/C26H23ClN2O2/c1-16-9-12-21(18(3)13-16)23-24(28-22-14-20(27)11-10-17(22)2)26(31)29(25(23)30)15-19-7-5-4-6-8-19/h4-14,28H,15H2,1-3H3. The van der Waals surface area contributed by atoms with Gasteiger partial charge >= 0.3 is 0 Å². The van der Waals surface area contributed by atoms with Crippen molar-refractivity contribution in [3.63, 3.8) is 0 Å². The Hall–Kier alpha value is -3.37. The molecule has 0 saturated heterocycles. The lowest BCUT2D eigenvalue weighted by atomic mass is 9.97. The molecule has 0 spiro atoms. The molecule has 1 heterocycles. The van der Waals surface area contributed by atoms with Gasteiger partial charge < -0.3 is 5.32 Å². The van der Waals surface area contributed by atoms with Gasteiger partial charge in [-0.15, -0.1) is 0 Å². The summed E-state index contributed by atoms with van der Waals surface area (Å²) in [5, 5.41) is 3.77. The number of halogens is 1. The lowest BCUT2D eigenvalue weighted by Crippen LogP contribution is -2.32. The van der Waals surface area contributed by atoms with Crippen molar-refractivity contribution in [1.29, 1.82) is 0 Å². The zero-order valence-electron chi connectivity index (χ0n) is 17.7. The smallest absolute Gasteiger partial charge is 0.278 e. The van der Waals surface area contributed by atoms with Gasteiger partial charge in [-0.25, -0.2) is 0 Å². The monoisotopic (exact) mass is 430 g/mol. The molecule has 4 rings (SSSR count). The number of carbonyl (C=O) groups excluding carboxylic acids is 2. The molecule has 3 aromatic rings. The van der Waals surface area contributed by atoms with Crippen LogP contribution in [0.25, 0.3) is 5.57 Å². The van der Waals surface area contributed by atoms with E-state index in [2.05, 4.69) is 5.32 Å². The van der Waals surface area contributed by atoms with Crippen molar-refractivity contribution in [3.05, 3.63) is 105 Å². The average molecular weight is 431 g/mol. The third-order valence-electron chi connectivity index (χ3n) is 5.46. The summed E-state index contributed by atoms with van der Waals surface area (Å²) >= 11 is 6.18.